The average molecular weight is 371 g/mol. The van der Waals surface area contributed by atoms with E-state index in [0.717, 1.165) is 57.8 Å². The van der Waals surface area contributed by atoms with Crippen LogP contribution in [-0.4, -0.2) is 39.3 Å². The molecule has 2 bridgehead atoms. The fourth-order valence-corrected chi connectivity index (χ4v) is 6.06. The quantitative estimate of drug-likeness (QED) is 0.775. The first-order valence-electron chi connectivity index (χ1n) is 10.7. The number of methoxy groups -OCH3 is 1. The highest BCUT2D eigenvalue weighted by molar-refractivity contribution is 5.84. The Morgan fingerprint density at radius 3 is 2.63 bits per heavy atom. The maximum atomic E-state index is 13.6. The van der Waals surface area contributed by atoms with Gasteiger partial charge in [-0.2, -0.15) is 0 Å². The molecule has 4 nitrogen and oxygen atoms in total. The second-order valence-electron chi connectivity index (χ2n) is 9.26. The number of hydrogen-bond acceptors (Lipinski definition) is 3. The normalized spacial score (nSPS) is 31.7. The van der Waals surface area contributed by atoms with Crippen molar-refractivity contribution in [2.75, 3.05) is 33.4 Å². The van der Waals surface area contributed by atoms with Crippen LogP contribution in [0, 0.1) is 22.7 Å². The summed E-state index contributed by atoms with van der Waals surface area (Å²) in [4.78, 5) is 13.6. The fourth-order valence-electron chi connectivity index (χ4n) is 6.06. The van der Waals surface area contributed by atoms with Crippen LogP contribution in [0.25, 0.3) is 0 Å². The number of rotatable bonds is 7. The SMILES string of the molecule is COCC1(CNC(=O)C2(Cc3ccccc3)CC3CCC2C3)CCNCC1. The van der Waals surface area contributed by atoms with Gasteiger partial charge in [-0.25, -0.2) is 0 Å². The van der Waals surface area contributed by atoms with Crippen molar-refractivity contribution in [3.63, 3.8) is 0 Å². The molecule has 1 aromatic rings. The zero-order valence-corrected chi connectivity index (χ0v) is 16.6. The first-order valence-corrected chi connectivity index (χ1v) is 10.7. The molecule has 0 radical (unpaired) electrons. The number of hydrogen-bond donors (Lipinski definition) is 2. The minimum absolute atomic E-state index is 0.0845. The Bertz CT molecular complexity index is 636. The van der Waals surface area contributed by atoms with Crippen molar-refractivity contribution in [1.29, 1.82) is 0 Å². The molecule has 2 saturated carbocycles. The van der Waals surface area contributed by atoms with Gasteiger partial charge in [-0.05, 0) is 69.0 Å². The van der Waals surface area contributed by atoms with Gasteiger partial charge in [0.2, 0.25) is 5.91 Å². The number of piperidine rings is 1. The van der Waals surface area contributed by atoms with E-state index in [-0.39, 0.29) is 10.8 Å². The monoisotopic (exact) mass is 370 g/mol. The van der Waals surface area contributed by atoms with Gasteiger partial charge in [-0.3, -0.25) is 4.79 Å². The van der Waals surface area contributed by atoms with Gasteiger partial charge in [0.15, 0.2) is 0 Å². The summed E-state index contributed by atoms with van der Waals surface area (Å²) in [5.41, 5.74) is 1.18. The lowest BCUT2D eigenvalue weighted by atomic mass is 9.68. The van der Waals surface area contributed by atoms with Crippen molar-refractivity contribution >= 4 is 5.91 Å². The van der Waals surface area contributed by atoms with Crippen molar-refractivity contribution in [2.24, 2.45) is 22.7 Å². The highest BCUT2D eigenvalue weighted by Gasteiger charge is 2.55. The van der Waals surface area contributed by atoms with E-state index in [1.54, 1.807) is 7.11 Å². The van der Waals surface area contributed by atoms with E-state index < -0.39 is 0 Å². The Morgan fingerprint density at radius 1 is 1.22 bits per heavy atom. The third-order valence-corrected chi connectivity index (χ3v) is 7.53. The minimum atomic E-state index is -0.203. The topological polar surface area (TPSA) is 50.4 Å². The Hall–Kier alpha value is -1.39. The molecule has 4 rings (SSSR count). The largest absolute Gasteiger partial charge is 0.384 e. The summed E-state index contributed by atoms with van der Waals surface area (Å²) in [6.45, 7) is 3.50. The molecule has 3 atom stereocenters. The van der Waals surface area contributed by atoms with Gasteiger partial charge < -0.3 is 15.4 Å². The number of amides is 1. The summed E-state index contributed by atoms with van der Waals surface area (Å²) in [6.07, 6.45) is 7.87. The van der Waals surface area contributed by atoms with Crippen LogP contribution in [0.15, 0.2) is 30.3 Å². The van der Waals surface area contributed by atoms with E-state index in [0.29, 0.717) is 11.8 Å². The van der Waals surface area contributed by atoms with Crippen LogP contribution < -0.4 is 10.6 Å². The first kappa shape index (κ1) is 18.9. The van der Waals surface area contributed by atoms with Crippen LogP contribution in [0.4, 0.5) is 0 Å². The summed E-state index contributed by atoms with van der Waals surface area (Å²) in [5.74, 6) is 1.60. The maximum Gasteiger partial charge on any atom is 0.226 e. The van der Waals surface area contributed by atoms with E-state index in [2.05, 4.69) is 41.0 Å². The van der Waals surface area contributed by atoms with Crippen molar-refractivity contribution in [2.45, 2.75) is 44.9 Å². The highest BCUT2D eigenvalue weighted by atomic mass is 16.5. The molecule has 0 spiro atoms. The number of fused-ring (bicyclic) bond motifs is 2. The summed E-state index contributed by atoms with van der Waals surface area (Å²) in [5, 5.41) is 6.85. The van der Waals surface area contributed by atoms with Crippen molar-refractivity contribution in [1.82, 2.24) is 10.6 Å². The third kappa shape index (κ3) is 3.79. The molecular formula is C23H34N2O2. The number of benzene rings is 1. The molecule has 3 aliphatic rings. The average Bonchev–Trinajstić information content (AvgIpc) is 3.30. The Labute approximate surface area is 163 Å². The fraction of sp³-hybridized carbons (Fsp3) is 0.696. The lowest BCUT2D eigenvalue weighted by molar-refractivity contribution is -0.135. The summed E-state index contributed by atoms with van der Waals surface area (Å²) in [6, 6.07) is 10.6. The molecule has 27 heavy (non-hydrogen) atoms. The van der Waals surface area contributed by atoms with Crippen LogP contribution >= 0.6 is 0 Å². The molecule has 2 N–H and O–H groups in total. The lowest BCUT2D eigenvalue weighted by Crippen LogP contribution is -2.52. The first-order chi connectivity index (χ1) is 13.2. The van der Waals surface area contributed by atoms with Crippen LogP contribution in [0.5, 0.6) is 0 Å². The zero-order chi connectivity index (χ0) is 18.7. The van der Waals surface area contributed by atoms with Gasteiger partial charge in [-0.1, -0.05) is 36.8 Å². The second-order valence-corrected chi connectivity index (χ2v) is 9.26. The summed E-state index contributed by atoms with van der Waals surface area (Å²) in [7, 11) is 1.78. The molecule has 1 aliphatic heterocycles. The third-order valence-electron chi connectivity index (χ3n) is 7.53. The zero-order valence-electron chi connectivity index (χ0n) is 16.6. The number of carbonyl (C=O) groups is 1. The van der Waals surface area contributed by atoms with Crippen molar-refractivity contribution < 1.29 is 9.53 Å². The molecule has 1 amide bonds. The van der Waals surface area contributed by atoms with Crippen LogP contribution in [0.3, 0.4) is 0 Å². The van der Waals surface area contributed by atoms with E-state index in [1.807, 2.05) is 0 Å². The van der Waals surface area contributed by atoms with Gasteiger partial charge in [0, 0.05) is 19.1 Å². The van der Waals surface area contributed by atoms with Gasteiger partial charge in [-0.15, -0.1) is 0 Å². The van der Waals surface area contributed by atoms with Gasteiger partial charge in [0.05, 0.1) is 12.0 Å². The predicted molar refractivity (Wildman–Crippen MR) is 107 cm³/mol. The standard InChI is InChI=1S/C23H34N2O2/c1-27-17-22(9-11-24-12-10-22)16-25-21(26)23(14-18-5-3-2-4-6-18)15-19-7-8-20(23)13-19/h2-6,19-20,24H,7-17H2,1H3,(H,25,26). The second kappa shape index (κ2) is 7.92. The molecule has 1 saturated heterocycles. The lowest BCUT2D eigenvalue weighted by Gasteiger charge is -2.40. The number of ether oxygens (including phenoxy) is 1. The molecule has 4 heteroatoms. The minimum Gasteiger partial charge on any atom is -0.384 e. The summed E-state index contributed by atoms with van der Waals surface area (Å²) < 4.78 is 5.53. The molecule has 1 aromatic carbocycles. The molecule has 0 aromatic heterocycles. The van der Waals surface area contributed by atoms with Crippen LogP contribution in [0.1, 0.15) is 44.1 Å². The Balaban J connectivity index is 1.49. The smallest absolute Gasteiger partial charge is 0.226 e. The Kier molecular flexibility index (Phi) is 5.56. The molecule has 148 valence electrons. The van der Waals surface area contributed by atoms with E-state index in [9.17, 15) is 4.79 Å². The van der Waals surface area contributed by atoms with Crippen LogP contribution in [-0.2, 0) is 16.0 Å². The van der Waals surface area contributed by atoms with E-state index >= 15 is 0 Å². The molecule has 3 unspecified atom stereocenters. The molecule has 2 aliphatic carbocycles. The van der Waals surface area contributed by atoms with Crippen LogP contribution in [0.2, 0.25) is 0 Å². The summed E-state index contributed by atoms with van der Waals surface area (Å²) >= 11 is 0. The predicted octanol–water partition coefficient (Wildman–Crippen LogP) is 3.17. The van der Waals surface area contributed by atoms with Gasteiger partial charge in [0.25, 0.3) is 0 Å². The molecule has 3 fully saturated rings. The Morgan fingerprint density at radius 2 is 2.00 bits per heavy atom. The van der Waals surface area contributed by atoms with Gasteiger partial charge >= 0.3 is 0 Å². The van der Waals surface area contributed by atoms with E-state index in [4.69, 9.17) is 4.74 Å². The number of carbonyl (C=O) groups excluding carboxylic acids is 1. The molecular weight excluding hydrogens is 336 g/mol. The van der Waals surface area contributed by atoms with E-state index in [1.165, 1.54) is 24.8 Å². The highest BCUT2D eigenvalue weighted by Crippen LogP contribution is 2.57. The maximum absolute atomic E-state index is 13.6. The van der Waals surface area contributed by atoms with Crippen molar-refractivity contribution in [3.05, 3.63) is 35.9 Å². The van der Waals surface area contributed by atoms with Gasteiger partial charge in [0.1, 0.15) is 0 Å². The van der Waals surface area contributed by atoms with Crippen molar-refractivity contribution in [3.8, 4) is 0 Å². The molecule has 1 heterocycles. The number of nitrogens with one attached hydrogen (secondary N) is 2.